The number of aryl methyl sites for hydroxylation is 1. The average Bonchev–Trinajstić information content (AvgIpc) is 2.67. The zero-order valence-electron chi connectivity index (χ0n) is 9.75. The Hall–Kier alpha value is -2.50. The van der Waals surface area contributed by atoms with Crippen molar-refractivity contribution >= 4 is 11.6 Å². The van der Waals surface area contributed by atoms with Crippen molar-refractivity contribution in [3.63, 3.8) is 0 Å². The van der Waals surface area contributed by atoms with Crippen molar-refractivity contribution in [1.29, 1.82) is 0 Å². The van der Waals surface area contributed by atoms with Gasteiger partial charge in [-0.05, 0) is 31.2 Å². The molecule has 0 spiro atoms. The zero-order valence-corrected chi connectivity index (χ0v) is 9.75. The number of carbonyl (C=O) groups is 1. The number of nitrogens with two attached hydrogens (primary N) is 1. The SMILES string of the molecule is Cc1cc(=O)n(C(=O)COc2ccc(N)cc2)o1. The molecule has 0 amide bonds. The van der Waals surface area contributed by atoms with E-state index in [1.54, 1.807) is 31.2 Å². The van der Waals surface area contributed by atoms with Crippen LogP contribution in [0, 0.1) is 6.92 Å². The Morgan fingerprint density at radius 2 is 2.06 bits per heavy atom. The highest BCUT2D eigenvalue weighted by Gasteiger charge is 2.12. The normalized spacial score (nSPS) is 10.3. The second kappa shape index (κ2) is 4.79. The van der Waals surface area contributed by atoms with Gasteiger partial charge in [0.25, 0.3) is 5.56 Å². The molecule has 1 aromatic carbocycles. The fourth-order valence-electron chi connectivity index (χ4n) is 1.39. The molecular weight excluding hydrogens is 236 g/mol. The zero-order chi connectivity index (χ0) is 13.1. The molecule has 2 aromatic rings. The van der Waals surface area contributed by atoms with Crippen LogP contribution in [0.25, 0.3) is 0 Å². The molecule has 6 nitrogen and oxygen atoms in total. The largest absolute Gasteiger partial charge is 0.484 e. The molecule has 6 heteroatoms. The molecule has 94 valence electrons. The van der Waals surface area contributed by atoms with Crippen LogP contribution in [-0.2, 0) is 0 Å². The third kappa shape index (κ3) is 2.60. The van der Waals surface area contributed by atoms with Crippen LogP contribution in [0.1, 0.15) is 10.6 Å². The number of ether oxygens (including phenoxy) is 1. The van der Waals surface area contributed by atoms with Crippen molar-refractivity contribution in [2.24, 2.45) is 0 Å². The second-order valence-electron chi connectivity index (χ2n) is 3.73. The molecule has 0 atom stereocenters. The number of rotatable bonds is 3. The van der Waals surface area contributed by atoms with E-state index in [0.717, 1.165) is 0 Å². The van der Waals surface area contributed by atoms with E-state index in [4.69, 9.17) is 15.0 Å². The summed E-state index contributed by atoms with van der Waals surface area (Å²) < 4.78 is 10.8. The summed E-state index contributed by atoms with van der Waals surface area (Å²) in [4.78, 5) is 23.0. The van der Waals surface area contributed by atoms with E-state index >= 15 is 0 Å². The maximum Gasteiger partial charge on any atom is 0.300 e. The van der Waals surface area contributed by atoms with Gasteiger partial charge in [0.2, 0.25) is 0 Å². The summed E-state index contributed by atoms with van der Waals surface area (Å²) in [5.74, 6) is 0.305. The van der Waals surface area contributed by atoms with Crippen LogP contribution < -0.4 is 16.0 Å². The number of aromatic nitrogens is 1. The first-order valence-electron chi connectivity index (χ1n) is 5.28. The molecule has 0 fully saturated rings. The summed E-state index contributed by atoms with van der Waals surface area (Å²) in [6, 6.07) is 7.82. The molecule has 0 aliphatic heterocycles. The number of carbonyl (C=O) groups excluding carboxylic acids is 1. The fraction of sp³-hybridized carbons (Fsp3) is 0.167. The first-order chi connectivity index (χ1) is 8.56. The Bertz CT molecular complexity index is 610. The monoisotopic (exact) mass is 248 g/mol. The lowest BCUT2D eigenvalue weighted by Crippen LogP contribution is -2.26. The van der Waals surface area contributed by atoms with Crippen molar-refractivity contribution in [1.82, 2.24) is 4.74 Å². The van der Waals surface area contributed by atoms with Crippen LogP contribution in [0.4, 0.5) is 5.69 Å². The van der Waals surface area contributed by atoms with Crippen molar-refractivity contribution in [3.8, 4) is 5.75 Å². The highest BCUT2D eigenvalue weighted by atomic mass is 16.5. The van der Waals surface area contributed by atoms with Gasteiger partial charge in [-0.15, -0.1) is 0 Å². The lowest BCUT2D eigenvalue weighted by atomic mass is 10.3. The molecule has 1 heterocycles. The maximum atomic E-state index is 11.6. The average molecular weight is 248 g/mol. The number of anilines is 1. The van der Waals surface area contributed by atoms with Gasteiger partial charge in [-0.1, -0.05) is 4.74 Å². The molecule has 0 radical (unpaired) electrons. The summed E-state index contributed by atoms with van der Waals surface area (Å²) >= 11 is 0. The first-order valence-corrected chi connectivity index (χ1v) is 5.28. The standard InChI is InChI=1S/C12H12N2O4/c1-8-6-11(15)14(18-8)12(16)7-17-10-4-2-9(13)3-5-10/h2-6H,7,13H2,1H3. The molecule has 0 saturated carbocycles. The minimum Gasteiger partial charge on any atom is -0.484 e. The summed E-state index contributed by atoms with van der Waals surface area (Å²) in [6.07, 6.45) is 0. The molecule has 1 aromatic heterocycles. The van der Waals surface area contributed by atoms with Gasteiger partial charge < -0.3 is 15.0 Å². The van der Waals surface area contributed by atoms with Gasteiger partial charge in [-0.2, -0.15) is 0 Å². The minimum atomic E-state index is -0.565. The van der Waals surface area contributed by atoms with Crippen molar-refractivity contribution in [2.45, 2.75) is 6.92 Å². The lowest BCUT2D eigenvalue weighted by molar-refractivity contribution is 0.0703. The van der Waals surface area contributed by atoms with E-state index < -0.39 is 11.5 Å². The molecule has 18 heavy (non-hydrogen) atoms. The Balaban J connectivity index is 2.02. The van der Waals surface area contributed by atoms with Gasteiger partial charge in [0.1, 0.15) is 11.5 Å². The van der Waals surface area contributed by atoms with Gasteiger partial charge in [0.05, 0.1) is 0 Å². The fourth-order valence-corrected chi connectivity index (χ4v) is 1.39. The Kier molecular flexibility index (Phi) is 3.18. The molecule has 0 unspecified atom stereocenters. The third-order valence-electron chi connectivity index (χ3n) is 2.23. The number of benzene rings is 1. The Morgan fingerprint density at radius 1 is 1.39 bits per heavy atom. The van der Waals surface area contributed by atoms with E-state index in [0.29, 0.717) is 21.9 Å². The van der Waals surface area contributed by atoms with Gasteiger partial charge in [-0.25, -0.2) is 0 Å². The Morgan fingerprint density at radius 3 is 2.61 bits per heavy atom. The van der Waals surface area contributed by atoms with Gasteiger partial charge >= 0.3 is 5.91 Å². The number of nitrogens with zero attached hydrogens (tertiary/aromatic N) is 1. The van der Waals surface area contributed by atoms with Crippen LogP contribution in [0.3, 0.4) is 0 Å². The van der Waals surface area contributed by atoms with E-state index in [-0.39, 0.29) is 6.61 Å². The van der Waals surface area contributed by atoms with Gasteiger partial charge in [-0.3, -0.25) is 9.59 Å². The molecule has 2 N–H and O–H groups in total. The molecular formula is C12H12N2O4. The molecule has 0 aliphatic carbocycles. The molecule has 0 saturated heterocycles. The summed E-state index contributed by atoms with van der Waals surface area (Å²) in [6.45, 7) is 1.31. The predicted molar refractivity (Wildman–Crippen MR) is 64.7 cm³/mol. The molecule has 2 rings (SSSR count). The van der Waals surface area contributed by atoms with Crippen LogP contribution in [0.15, 0.2) is 39.6 Å². The van der Waals surface area contributed by atoms with Crippen LogP contribution in [0.2, 0.25) is 0 Å². The number of nitrogen functional groups attached to an aromatic ring is 1. The Labute approximate surface area is 103 Å². The summed E-state index contributed by atoms with van der Waals surface area (Å²) in [5, 5.41) is 0. The smallest absolute Gasteiger partial charge is 0.300 e. The number of hydrogen-bond acceptors (Lipinski definition) is 5. The quantitative estimate of drug-likeness (QED) is 0.820. The van der Waals surface area contributed by atoms with E-state index in [2.05, 4.69) is 0 Å². The van der Waals surface area contributed by atoms with E-state index in [9.17, 15) is 9.59 Å². The van der Waals surface area contributed by atoms with Gasteiger partial charge in [0.15, 0.2) is 6.61 Å². The topological polar surface area (TPSA) is 87.5 Å². The molecule has 0 aliphatic rings. The van der Waals surface area contributed by atoms with Crippen LogP contribution in [0.5, 0.6) is 5.75 Å². The summed E-state index contributed by atoms with van der Waals surface area (Å²) in [7, 11) is 0. The highest BCUT2D eigenvalue weighted by molar-refractivity contribution is 5.78. The van der Waals surface area contributed by atoms with Crippen LogP contribution >= 0.6 is 0 Å². The van der Waals surface area contributed by atoms with Gasteiger partial charge in [0, 0.05) is 11.8 Å². The summed E-state index contributed by atoms with van der Waals surface area (Å²) in [5.41, 5.74) is 5.62. The number of hydrogen-bond donors (Lipinski definition) is 1. The second-order valence-corrected chi connectivity index (χ2v) is 3.73. The van der Waals surface area contributed by atoms with Crippen molar-refractivity contribution in [3.05, 3.63) is 46.4 Å². The minimum absolute atomic E-state index is 0.281. The van der Waals surface area contributed by atoms with E-state index in [1.807, 2.05) is 0 Å². The first kappa shape index (κ1) is 12.0. The van der Waals surface area contributed by atoms with Crippen molar-refractivity contribution < 1.29 is 14.1 Å². The maximum absolute atomic E-state index is 11.6. The molecule has 0 bridgehead atoms. The third-order valence-corrected chi connectivity index (χ3v) is 2.23. The highest BCUT2D eigenvalue weighted by Crippen LogP contribution is 2.12. The van der Waals surface area contributed by atoms with E-state index in [1.165, 1.54) is 6.07 Å². The predicted octanol–water partition coefficient (Wildman–Crippen LogP) is 1.05. The van der Waals surface area contributed by atoms with Crippen molar-refractivity contribution in [2.75, 3.05) is 12.3 Å². The lowest BCUT2D eigenvalue weighted by Gasteiger charge is -2.04. The van der Waals surface area contributed by atoms with Crippen LogP contribution in [-0.4, -0.2) is 17.3 Å².